The molecule has 0 bridgehead atoms. The van der Waals surface area contributed by atoms with Crippen LogP contribution in [0.25, 0.3) is 0 Å². The Bertz CT molecular complexity index is 481. The van der Waals surface area contributed by atoms with Crippen molar-refractivity contribution < 1.29 is 9.18 Å². The van der Waals surface area contributed by atoms with Gasteiger partial charge in [0, 0.05) is 30.6 Å². The highest BCUT2D eigenvalue weighted by molar-refractivity contribution is 7.99. The van der Waals surface area contributed by atoms with Crippen LogP contribution < -0.4 is 5.32 Å². The first-order chi connectivity index (χ1) is 9.65. The van der Waals surface area contributed by atoms with E-state index in [1.807, 2.05) is 30.5 Å². The Morgan fingerprint density at radius 2 is 2.35 bits per heavy atom. The molecule has 1 aliphatic heterocycles. The number of hydrogen-bond acceptors (Lipinski definition) is 3. The standard InChI is InChI=1S/C15H21FN2OS/c1-3-7-17-14-12(5-4-6-13(14)16)15(19)18-8-9-20-10-11(18)2/h4-6,11,17H,3,7-10H2,1-2H3. The molecule has 5 heteroatoms. The van der Waals surface area contributed by atoms with Crippen molar-refractivity contribution in [1.29, 1.82) is 0 Å². The third-order valence-electron chi connectivity index (χ3n) is 3.42. The van der Waals surface area contributed by atoms with Crippen LogP contribution >= 0.6 is 11.8 Å². The van der Waals surface area contributed by atoms with Crippen molar-refractivity contribution in [2.24, 2.45) is 0 Å². The van der Waals surface area contributed by atoms with Gasteiger partial charge < -0.3 is 10.2 Å². The summed E-state index contributed by atoms with van der Waals surface area (Å²) in [5, 5.41) is 3.04. The fourth-order valence-electron chi connectivity index (χ4n) is 2.32. The van der Waals surface area contributed by atoms with Crippen LogP contribution in [-0.2, 0) is 0 Å². The molecule has 1 aliphatic rings. The van der Waals surface area contributed by atoms with Crippen LogP contribution in [0.2, 0.25) is 0 Å². The molecule has 0 aromatic heterocycles. The first-order valence-electron chi connectivity index (χ1n) is 7.06. The molecule has 1 aromatic carbocycles. The van der Waals surface area contributed by atoms with Gasteiger partial charge in [-0.1, -0.05) is 13.0 Å². The molecule has 1 fully saturated rings. The van der Waals surface area contributed by atoms with Crippen LogP contribution in [0.15, 0.2) is 18.2 Å². The van der Waals surface area contributed by atoms with Gasteiger partial charge in [0.1, 0.15) is 5.82 Å². The molecular formula is C15H21FN2OS. The third kappa shape index (κ3) is 3.26. The molecule has 1 N–H and O–H groups in total. The normalized spacial score (nSPS) is 18.9. The van der Waals surface area contributed by atoms with Gasteiger partial charge in [-0.25, -0.2) is 4.39 Å². The van der Waals surface area contributed by atoms with Gasteiger partial charge in [0.25, 0.3) is 5.91 Å². The Morgan fingerprint density at radius 3 is 3.05 bits per heavy atom. The highest BCUT2D eigenvalue weighted by Crippen LogP contribution is 2.25. The second-order valence-corrected chi connectivity index (χ2v) is 6.16. The lowest BCUT2D eigenvalue weighted by atomic mass is 10.1. The number of nitrogens with zero attached hydrogens (tertiary/aromatic N) is 1. The lowest BCUT2D eigenvalue weighted by Crippen LogP contribution is -2.44. The molecule has 1 amide bonds. The van der Waals surface area contributed by atoms with Crippen molar-refractivity contribution in [3.8, 4) is 0 Å². The molecular weight excluding hydrogens is 275 g/mol. The number of anilines is 1. The molecule has 1 atom stereocenters. The number of carbonyl (C=O) groups excluding carboxylic acids is 1. The number of nitrogens with one attached hydrogen (secondary N) is 1. The zero-order chi connectivity index (χ0) is 14.5. The Balaban J connectivity index is 2.26. The second-order valence-electron chi connectivity index (χ2n) is 5.01. The summed E-state index contributed by atoms with van der Waals surface area (Å²) in [6, 6.07) is 4.90. The molecule has 20 heavy (non-hydrogen) atoms. The summed E-state index contributed by atoms with van der Waals surface area (Å²) < 4.78 is 14.0. The largest absolute Gasteiger partial charge is 0.382 e. The van der Waals surface area contributed by atoms with Gasteiger partial charge >= 0.3 is 0 Å². The number of thioether (sulfide) groups is 1. The minimum absolute atomic E-state index is 0.0732. The van der Waals surface area contributed by atoms with Crippen molar-refractivity contribution in [2.75, 3.05) is 29.9 Å². The highest BCUT2D eigenvalue weighted by Gasteiger charge is 2.26. The number of benzene rings is 1. The maximum Gasteiger partial charge on any atom is 0.256 e. The number of hydrogen-bond donors (Lipinski definition) is 1. The topological polar surface area (TPSA) is 32.3 Å². The number of para-hydroxylation sites is 1. The molecule has 1 saturated heterocycles. The van der Waals surface area contributed by atoms with Gasteiger partial charge in [-0.3, -0.25) is 4.79 Å². The maximum atomic E-state index is 14.0. The Labute approximate surface area is 123 Å². The predicted molar refractivity (Wildman–Crippen MR) is 83.0 cm³/mol. The van der Waals surface area contributed by atoms with Crippen molar-refractivity contribution >= 4 is 23.4 Å². The van der Waals surface area contributed by atoms with E-state index in [2.05, 4.69) is 5.32 Å². The fraction of sp³-hybridized carbons (Fsp3) is 0.533. The first-order valence-corrected chi connectivity index (χ1v) is 8.21. The van der Waals surface area contributed by atoms with Crippen LogP contribution in [0.3, 0.4) is 0 Å². The number of rotatable bonds is 4. The summed E-state index contributed by atoms with van der Waals surface area (Å²) in [5.41, 5.74) is 0.780. The lowest BCUT2D eigenvalue weighted by Gasteiger charge is -2.33. The maximum absolute atomic E-state index is 14.0. The van der Waals surface area contributed by atoms with Gasteiger partial charge in [-0.15, -0.1) is 0 Å². The molecule has 0 saturated carbocycles. The summed E-state index contributed by atoms with van der Waals surface area (Å²) in [4.78, 5) is 14.5. The number of halogens is 1. The van der Waals surface area contributed by atoms with Gasteiger partial charge in [-0.2, -0.15) is 11.8 Å². The zero-order valence-corrected chi connectivity index (χ0v) is 12.8. The number of amides is 1. The predicted octanol–water partition coefficient (Wildman–Crippen LogP) is 3.23. The zero-order valence-electron chi connectivity index (χ0n) is 12.0. The molecule has 2 rings (SSSR count). The van der Waals surface area contributed by atoms with E-state index in [1.54, 1.807) is 12.1 Å². The van der Waals surface area contributed by atoms with E-state index in [0.29, 0.717) is 17.8 Å². The summed E-state index contributed by atoms with van der Waals surface area (Å²) in [6.45, 7) is 5.45. The van der Waals surface area contributed by atoms with Crippen molar-refractivity contribution in [3.63, 3.8) is 0 Å². The van der Waals surface area contributed by atoms with Crippen molar-refractivity contribution in [2.45, 2.75) is 26.3 Å². The minimum atomic E-state index is -0.358. The molecule has 0 spiro atoms. The average molecular weight is 296 g/mol. The van der Waals surface area contributed by atoms with E-state index in [0.717, 1.165) is 24.5 Å². The molecule has 1 unspecified atom stereocenters. The van der Waals surface area contributed by atoms with Crippen LogP contribution in [0, 0.1) is 5.82 Å². The van der Waals surface area contributed by atoms with Crippen molar-refractivity contribution in [3.05, 3.63) is 29.6 Å². The van der Waals surface area contributed by atoms with E-state index in [-0.39, 0.29) is 17.8 Å². The monoisotopic (exact) mass is 296 g/mol. The first kappa shape index (κ1) is 15.2. The summed E-state index contributed by atoms with van der Waals surface area (Å²) in [7, 11) is 0. The fourth-order valence-corrected chi connectivity index (χ4v) is 3.33. The Kier molecular flexibility index (Phi) is 5.29. The van der Waals surface area contributed by atoms with E-state index < -0.39 is 0 Å². The summed E-state index contributed by atoms with van der Waals surface area (Å²) >= 11 is 1.86. The van der Waals surface area contributed by atoms with Crippen LogP contribution in [0.5, 0.6) is 0 Å². The summed E-state index contributed by atoms with van der Waals surface area (Å²) in [6.07, 6.45) is 0.888. The van der Waals surface area contributed by atoms with Crippen molar-refractivity contribution in [1.82, 2.24) is 4.90 Å². The lowest BCUT2D eigenvalue weighted by molar-refractivity contribution is 0.0716. The van der Waals surface area contributed by atoms with E-state index in [9.17, 15) is 9.18 Å². The van der Waals surface area contributed by atoms with Crippen LogP contribution in [-0.4, -0.2) is 41.4 Å². The van der Waals surface area contributed by atoms with Gasteiger partial charge in [-0.05, 0) is 25.5 Å². The molecule has 3 nitrogen and oxygen atoms in total. The quantitative estimate of drug-likeness (QED) is 0.926. The Morgan fingerprint density at radius 1 is 1.55 bits per heavy atom. The smallest absolute Gasteiger partial charge is 0.256 e. The highest BCUT2D eigenvalue weighted by atomic mass is 32.2. The number of carbonyl (C=O) groups is 1. The SMILES string of the molecule is CCCNc1c(F)cccc1C(=O)N1CCSCC1C. The molecule has 1 heterocycles. The second kappa shape index (κ2) is 6.97. The average Bonchev–Trinajstić information content (AvgIpc) is 2.45. The molecule has 0 aliphatic carbocycles. The Hall–Kier alpha value is -1.23. The van der Waals surface area contributed by atoms with Crippen LogP contribution in [0.1, 0.15) is 30.6 Å². The van der Waals surface area contributed by atoms with Crippen LogP contribution in [0.4, 0.5) is 10.1 Å². The third-order valence-corrected chi connectivity index (χ3v) is 4.61. The van der Waals surface area contributed by atoms with E-state index >= 15 is 0 Å². The van der Waals surface area contributed by atoms with Gasteiger partial charge in [0.2, 0.25) is 0 Å². The summed E-state index contributed by atoms with van der Waals surface area (Å²) in [5.74, 6) is 1.46. The van der Waals surface area contributed by atoms with E-state index in [4.69, 9.17) is 0 Å². The molecule has 0 radical (unpaired) electrons. The van der Waals surface area contributed by atoms with E-state index in [1.165, 1.54) is 6.07 Å². The van der Waals surface area contributed by atoms with Gasteiger partial charge in [0.15, 0.2) is 0 Å². The van der Waals surface area contributed by atoms with Gasteiger partial charge in [0.05, 0.1) is 11.3 Å². The molecule has 110 valence electrons. The molecule has 1 aromatic rings. The minimum Gasteiger partial charge on any atom is -0.382 e.